The molecular formula is C16H18F4N2O2. The molecule has 1 aromatic carbocycles. The summed E-state index contributed by atoms with van der Waals surface area (Å²) in [7, 11) is 0. The van der Waals surface area contributed by atoms with E-state index >= 15 is 0 Å². The first-order valence-corrected chi connectivity index (χ1v) is 7.87. The number of rotatable bonds is 3. The third kappa shape index (κ3) is 3.54. The third-order valence-electron chi connectivity index (χ3n) is 4.56. The van der Waals surface area contributed by atoms with E-state index in [4.69, 9.17) is 4.74 Å². The molecule has 0 bridgehead atoms. The highest BCUT2D eigenvalue weighted by Crippen LogP contribution is 2.33. The van der Waals surface area contributed by atoms with Gasteiger partial charge in [0, 0.05) is 31.5 Å². The Morgan fingerprint density at radius 1 is 1.21 bits per heavy atom. The highest BCUT2D eigenvalue weighted by Gasteiger charge is 2.39. The summed E-state index contributed by atoms with van der Waals surface area (Å²) in [5.41, 5.74) is -1.43. The molecule has 8 heteroatoms. The molecule has 0 radical (unpaired) electrons. The highest BCUT2D eigenvalue weighted by molar-refractivity contribution is 5.95. The van der Waals surface area contributed by atoms with Crippen LogP contribution in [-0.4, -0.2) is 42.6 Å². The zero-order valence-electron chi connectivity index (χ0n) is 12.9. The Kier molecular flexibility index (Phi) is 4.78. The first kappa shape index (κ1) is 17.2. The fourth-order valence-corrected chi connectivity index (χ4v) is 3.19. The van der Waals surface area contributed by atoms with E-state index < -0.39 is 17.6 Å². The molecule has 0 aliphatic carbocycles. The normalized spacial score (nSPS) is 22.9. The van der Waals surface area contributed by atoms with Gasteiger partial charge in [-0.2, -0.15) is 13.2 Å². The minimum absolute atomic E-state index is 0.0486. The molecule has 2 fully saturated rings. The van der Waals surface area contributed by atoms with Crippen molar-refractivity contribution in [2.75, 3.05) is 25.1 Å². The van der Waals surface area contributed by atoms with Crippen LogP contribution < -0.4 is 5.32 Å². The molecule has 0 spiro atoms. The second kappa shape index (κ2) is 6.68. The molecule has 4 nitrogen and oxygen atoms in total. The summed E-state index contributed by atoms with van der Waals surface area (Å²) in [4.78, 5) is 14.4. The number of hydrogen-bond donors (Lipinski definition) is 1. The molecule has 1 atom stereocenters. The number of alkyl halides is 3. The van der Waals surface area contributed by atoms with Crippen molar-refractivity contribution in [2.45, 2.75) is 37.5 Å². The Morgan fingerprint density at radius 3 is 2.50 bits per heavy atom. The van der Waals surface area contributed by atoms with E-state index in [0.29, 0.717) is 25.7 Å². The largest absolute Gasteiger partial charge is 0.419 e. The van der Waals surface area contributed by atoms with Crippen LogP contribution in [0.25, 0.3) is 0 Å². The molecular weight excluding hydrogens is 328 g/mol. The molecule has 1 amide bonds. The molecule has 132 valence electrons. The topological polar surface area (TPSA) is 41.6 Å². The number of nitrogens with one attached hydrogen (secondary N) is 1. The smallest absolute Gasteiger partial charge is 0.381 e. The Labute approximate surface area is 136 Å². The summed E-state index contributed by atoms with van der Waals surface area (Å²) in [5, 5.41) is 2.47. The molecule has 3 rings (SSSR count). The van der Waals surface area contributed by atoms with E-state index in [1.807, 2.05) is 0 Å². The summed E-state index contributed by atoms with van der Waals surface area (Å²) >= 11 is 0. The zero-order chi connectivity index (χ0) is 17.3. The van der Waals surface area contributed by atoms with Crippen molar-refractivity contribution in [3.63, 3.8) is 0 Å². The average molecular weight is 346 g/mol. The van der Waals surface area contributed by atoms with Crippen LogP contribution in [0.5, 0.6) is 0 Å². The summed E-state index contributed by atoms with van der Waals surface area (Å²) < 4.78 is 56.8. The van der Waals surface area contributed by atoms with Crippen LogP contribution in [-0.2, 0) is 15.7 Å². The first-order chi connectivity index (χ1) is 11.4. The number of nitrogens with zero attached hydrogens (tertiary/aromatic N) is 1. The van der Waals surface area contributed by atoms with Gasteiger partial charge in [0.1, 0.15) is 5.82 Å². The second-order valence-electron chi connectivity index (χ2n) is 6.07. The summed E-state index contributed by atoms with van der Waals surface area (Å²) in [5.74, 6) is -1.71. The second-order valence-corrected chi connectivity index (χ2v) is 6.07. The van der Waals surface area contributed by atoms with E-state index in [2.05, 4.69) is 10.2 Å². The molecule has 2 heterocycles. The van der Waals surface area contributed by atoms with E-state index in [9.17, 15) is 22.4 Å². The molecule has 0 aromatic heterocycles. The number of hydrogen-bond acceptors (Lipinski definition) is 3. The number of carbonyl (C=O) groups excluding carboxylic acids is 1. The van der Waals surface area contributed by atoms with E-state index in [1.54, 1.807) is 0 Å². The van der Waals surface area contributed by atoms with E-state index in [-0.39, 0.29) is 23.7 Å². The quantitative estimate of drug-likeness (QED) is 0.856. The van der Waals surface area contributed by atoms with Crippen molar-refractivity contribution in [3.05, 3.63) is 29.6 Å². The summed E-state index contributed by atoms with van der Waals surface area (Å²) in [6.45, 7) is 2.10. The highest BCUT2D eigenvalue weighted by atomic mass is 19.4. The standard InChI is InChI=1S/C16H18F4N2O2/c17-13-2-1-10(9-12(13)16(18,19)20)21-15(23)14-3-6-22(14)11-4-7-24-8-5-11/h1-2,9,11,14H,3-8H2,(H,21,23). The van der Waals surface area contributed by atoms with Gasteiger partial charge in [-0.05, 0) is 37.5 Å². The van der Waals surface area contributed by atoms with Gasteiger partial charge in [-0.25, -0.2) is 4.39 Å². The molecule has 2 saturated heterocycles. The Balaban J connectivity index is 1.66. The van der Waals surface area contributed by atoms with Crippen LogP contribution in [0.15, 0.2) is 18.2 Å². The maximum Gasteiger partial charge on any atom is 0.419 e. The van der Waals surface area contributed by atoms with Gasteiger partial charge >= 0.3 is 6.18 Å². The predicted octanol–water partition coefficient (Wildman–Crippen LogP) is 3.04. The third-order valence-corrected chi connectivity index (χ3v) is 4.56. The monoisotopic (exact) mass is 346 g/mol. The lowest BCUT2D eigenvalue weighted by atomic mass is 9.95. The predicted molar refractivity (Wildman–Crippen MR) is 79.0 cm³/mol. The zero-order valence-corrected chi connectivity index (χ0v) is 12.9. The van der Waals surface area contributed by atoms with Crippen LogP contribution in [0.3, 0.4) is 0 Å². The fraction of sp³-hybridized carbons (Fsp3) is 0.562. The fourth-order valence-electron chi connectivity index (χ4n) is 3.19. The number of amides is 1. The van der Waals surface area contributed by atoms with Crippen molar-refractivity contribution < 1.29 is 27.1 Å². The minimum atomic E-state index is -4.80. The average Bonchev–Trinajstić information content (AvgIpc) is 2.48. The van der Waals surface area contributed by atoms with Gasteiger partial charge < -0.3 is 10.1 Å². The number of anilines is 1. The Bertz CT molecular complexity index is 615. The number of carbonyl (C=O) groups is 1. The van der Waals surface area contributed by atoms with Gasteiger partial charge in [0.15, 0.2) is 0 Å². The van der Waals surface area contributed by atoms with Gasteiger partial charge in [-0.3, -0.25) is 9.69 Å². The summed E-state index contributed by atoms with van der Waals surface area (Å²) in [6.07, 6.45) is -2.44. The van der Waals surface area contributed by atoms with Gasteiger partial charge in [-0.15, -0.1) is 0 Å². The molecule has 2 aliphatic rings. The van der Waals surface area contributed by atoms with E-state index in [0.717, 1.165) is 31.5 Å². The first-order valence-electron chi connectivity index (χ1n) is 7.87. The van der Waals surface area contributed by atoms with Crippen molar-refractivity contribution >= 4 is 11.6 Å². The molecule has 0 saturated carbocycles. The van der Waals surface area contributed by atoms with Crippen molar-refractivity contribution in [2.24, 2.45) is 0 Å². The van der Waals surface area contributed by atoms with Crippen LogP contribution in [0.4, 0.5) is 23.2 Å². The van der Waals surface area contributed by atoms with Crippen molar-refractivity contribution in [1.82, 2.24) is 4.90 Å². The number of halogens is 4. The van der Waals surface area contributed by atoms with Crippen molar-refractivity contribution in [1.29, 1.82) is 0 Å². The van der Waals surface area contributed by atoms with E-state index in [1.165, 1.54) is 0 Å². The van der Waals surface area contributed by atoms with Crippen LogP contribution in [0, 0.1) is 5.82 Å². The lowest BCUT2D eigenvalue weighted by Gasteiger charge is -2.46. The summed E-state index contributed by atoms with van der Waals surface area (Å²) in [6, 6.07) is 2.40. The molecule has 1 N–H and O–H groups in total. The van der Waals surface area contributed by atoms with Crippen molar-refractivity contribution in [3.8, 4) is 0 Å². The maximum absolute atomic E-state index is 13.3. The van der Waals surface area contributed by atoms with Gasteiger partial charge in [-0.1, -0.05) is 0 Å². The minimum Gasteiger partial charge on any atom is -0.381 e. The SMILES string of the molecule is O=C(Nc1ccc(F)c(C(F)(F)F)c1)C1CCN1C1CCOCC1. The molecule has 24 heavy (non-hydrogen) atoms. The van der Waals surface area contributed by atoms with Crippen LogP contribution in [0.1, 0.15) is 24.8 Å². The lowest BCUT2D eigenvalue weighted by Crippen LogP contribution is -2.59. The van der Waals surface area contributed by atoms with Crippen LogP contribution in [0.2, 0.25) is 0 Å². The number of likely N-dealkylation sites (tertiary alicyclic amines) is 1. The van der Waals surface area contributed by atoms with Crippen LogP contribution >= 0.6 is 0 Å². The van der Waals surface area contributed by atoms with Gasteiger partial charge in [0.05, 0.1) is 11.6 Å². The maximum atomic E-state index is 13.3. The molecule has 1 aromatic rings. The Hall–Kier alpha value is -1.67. The molecule has 1 unspecified atom stereocenters. The Morgan fingerprint density at radius 2 is 1.92 bits per heavy atom. The number of ether oxygens (including phenoxy) is 1. The van der Waals surface area contributed by atoms with Gasteiger partial charge in [0.2, 0.25) is 5.91 Å². The lowest BCUT2D eigenvalue weighted by molar-refractivity contribution is -0.140. The molecule has 2 aliphatic heterocycles. The number of benzene rings is 1. The van der Waals surface area contributed by atoms with Gasteiger partial charge in [0.25, 0.3) is 0 Å².